The highest BCUT2D eigenvalue weighted by Gasteiger charge is 2.16. The molecule has 0 N–H and O–H groups in total. The first-order valence-electron chi connectivity index (χ1n) is 5.32. The van der Waals surface area contributed by atoms with E-state index in [1.807, 2.05) is 41.9 Å². The summed E-state index contributed by atoms with van der Waals surface area (Å²) < 4.78 is 4.29. The fourth-order valence-corrected chi connectivity index (χ4v) is 3.30. The molecule has 0 saturated carbocycles. The Morgan fingerprint density at radius 2 is 1.88 bits per heavy atom. The van der Waals surface area contributed by atoms with Crippen LogP contribution in [0.5, 0.6) is 0 Å². The maximum atomic E-state index is 12.2. The molecule has 2 rings (SSSR count). The van der Waals surface area contributed by atoms with Gasteiger partial charge in [0.25, 0.3) is 5.56 Å². The van der Waals surface area contributed by atoms with Gasteiger partial charge in [-0.05, 0) is 35.0 Å². The molecule has 0 aliphatic carbocycles. The maximum Gasteiger partial charge on any atom is 0.286 e. The summed E-state index contributed by atoms with van der Waals surface area (Å²) in [5.41, 5.74) is 1.82. The van der Waals surface area contributed by atoms with Crippen molar-refractivity contribution in [3.63, 3.8) is 0 Å². The minimum absolute atomic E-state index is 0.0208. The Morgan fingerprint density at radius 1 is 1.24 bits per heavy atom. The third-order valence-electron chi connectivity index (χ3n) is 2.61. The largest absolute Gasteiger partial charge is 0.286 e. The molecule has 17 heavy (non-hydrogen) atoms. The molecule has 0 spiro atoms. The molecular formula is C12H12Br2N2O. The Bertz CT molecular complexity index is 572. The van der Waals surface area contributed by atoms with Crippen molar-refractivity contribution in [2.24, 2.45) is 0 Å². The number of benzene rings is 1. The standard InChI is InChI=1S/C12H12Br2N2O/c1-2-15-10(8-13)11(14)12(17)16(15)9-6-4-3-5-7-9/h3-7H,2,8H2,1H3. The van der Waals surface area contributed by atoms with Crippen LogP contribution >= 0.6 is 31.9 Å². The van der Waals surface area contributed by atoms with E-state index in [2.05, 4.69) is 31.9 Å². The number of halogens is 2. The van der Waals surface area contributed by atoms with Gasteiger partial charge in [0.15, 0.2) is 0 Å². The highest BCUT2D eigenvalue weighted by Crippen LogP contribution is 2.19. The summed E-state index contributed by atoms with van der Waals surface area (Å²) in [5.74, 6) is 0. The molecule has 5 heteroatoms. The van der Waals surface area contributed by atoms with E-state index < -0.39 is 0 Å². The Hall–Kier alpha value is -0.810. The van der Waals surface area contributed by atoms with Gasteiger partial charge in [-0.2, -0.15) is 0 Å². The Morgan fingerprint density at radius 3 is 2.41 bits per heavy atom. The first-order chi connectivity index (χ1) is 8.20. The van der Waals surface area contributed by atoms with Crippen molar-refractivity contribution in [2.45, 2.75) is 18.8 Å². The second kappa shape index (κ2) is 5.23. The van der Waals surface area contributed by atoms with Crippen LogP contribution < -0.4 is 5.56 Å². The number of nitrogens with zero attached hydrogens (tertiary/aromatic N) is 2. The first kappa shape index (κ1) is 12.6. The van der Waals surface area contributed by atoms with Crippen LogP contribution in [0.25, 0.3) is 5.69 Å². The molecule has 1 heterocycles. The smallest absolute Gasteiger partial charge is 0.280 e. The number of hydrogen-bond acceptors (Lipinski definition) is 1. The number of hydrogen-bond donors (Lipinski definition) is 0. The zero-order chi connectivity index (χ0) is 12.4. The highest BCUT2D eigenvalue weighted by molar-refractivity contribution is 9.10. The monoisotopic (exact) mass is 358 g/mol. The minimum atomic E-state index is -0.0208. The maximum absolute atomic E-state index is 12.2. The topological polar surface area (TPSA) is 26.9 Å². The van der Waals surface area contributed by atoms with E-state index in [0.717, 1.165) is 17.9 Å². The number of rotatable bonds is 3. The summed E-state index contributed by atoms with van der Waals surface area (Å²) in [6.45, 7) is 2.77. The molecule has 3 nitrogen and oxygen atoms in total. The third-order valence-corrected chi connectivity index (χ3v) is 3.94. The van der Waals surface area contributed by atoms with Crippen molar-refractivity contribution in [1.82, 2.24) is 9.36 Å². The molecule has 0 bridgehead atoms. The summed E-state index contributed by atoms with van der Waals surface area (Å²) in [7, 11) is 0. The van der Waals surface area contributed by atoms with Crippen molar-refractivity contribution >= 4 is 31.9 Å². The van der Waals surface area contributed by atoms with E-state index in [-0.39, 0.29) is 5.56 Å². The minimum Gasteiger partial charge on any atom is -0.280 e. The number of alkyl halides is 1. The lowest BCUT2D eigenvalue weighted by molar-refractivity contribution is 0.558. The Labute approximate surface area is 116 Å². The number of aromatic nitrogens is 2. The van der Waals surface area contributed by atoms with Gasteiger partial charge in [-0.25, -0.2) is 4.68 Å². The van der Waals surface area contributed by atoms with Crippen LogP contribution in [-0.4, -0.2) is 9.36 Å². The average Bonchev–Trinajstić information content (AvgIpc) is 2.62. The Balaban J connectivity index is 2.74. The van der Waals surface area contributed by atoms with Gasteiger partial charge in [0.1, 0.15) is 4.47 Å². The quantitative estimate of drug-likeness (QED) is 0.772. The molecule has 0 aliphatic rings. The van der Waals surface area contributed by atoms with E-state index in [0.29, 0.717) is 9.80 Å². The summed E-state index contributed by atoms with van der Waals surface area (Å²) in [4.78, 5) is 12.2. The van der Waals surface area contributed by atoms with Crippen LogP contribution in [0.15, 0.2) is 39.6 Å². The summed E-state index contributed by atoms with van der Waals surface area (Å²) in [5, 5.41) is 0.649. The molecule has 0 radical (unpaired) electrons. The van der Waals surface area contributed by atoms with E-state index in [4.69, 9.17) is 0 Å². The molecule has 0 saturated heterocycles. The van der Waals surface area contributed by atoms with Gasteiger partial charge in [-0.15, -0.1) is 0 Å². The zero-order valence-electron chi connectivity index (χ0n) is 9.36. The normalized spacial score (nSPS) is 10.8. The van der Waals surface area contributed by atoms with E-state index >= 15 is 0 Å². The van der Waals surface area contributed by atoms with Gasteiger partial charge in [0, 0.05) is 11.9 Å². The molecule has 0 amide bonds. The summed E-state index contributed by atoms with van der Waals surface area (Å²) >= 11 is 6.78. The third kappa shape index (κ3) is 2.13. The fourth-order valence-electron chi connectivity index (χ4n) is 1.85. The van der Waals surface area contributed by atoms with E-state index in [1.165, 1.54) is 0 Å². The molecule has 0 unspecified atom stereocenters. The predicted octanol–water partition coefficient (Wildman–Crippen LogP) is 3.32. The lowest BCUT2D eigenvalue weighted by Gasteiger charge is -2.11. The SMILES string of the molecule is CCn1c(CBr)c(Br)c(=O)n1-c1ccccc1. The molecule has 90 valence electrons. The van der Waals surface area contributed by atoms with Crippen LogP contribution in [0.2, 0.25) is 0 Å². The lowest BCUT2D eigenvalue weighted by atomic mass is 10.3. The van der Waals surface area contributed by atoms with Crippen molar-refractivity contribution < 1.29 is 0 Å². The van der Waals surface area contributed by atoms with Crippen LogP contribution in [-0.2, 0) is 11.9 Å². The second-order valence-corrected chi connectivity index (χ2v) is 4.92. The van der Waals surface area contributed by atoms with Crippen molar-refractivity contribution in [3.8, 4) is 5.69 Å². The fraction of sp³-hybridized carbons (Fsp3) is 0.250. The summed E-state index contributed by atoms with van der Waals surface area (Å²) in [6.07, 6.45) is 0. The lowest BCUT2D eigenvalue weighted by Crippen LogP contribution is -2.21. The molecule has 2 aromatic rings. The number of para-hydroxylation sites is 1. The second-order valence-electron chi connectivity index (χ2n) is 3.56. The molecular weight excluding hydrogens is 348 g/mol. The van der Waals surface area contributed by atoms with Crippen LogP contribution in [0.4, 0.5) is 0 Å². The van der Waals surface area contributed by atoms with Gasteiger partial charge in [0.05, 0.1) is 11.4 Å². The van der Waals surface area contributed by atoms with Gasteiger partial charge in [-0.1, -0.05) is 34.1 Å². The predicted molar refractivity (Wildman–Crippen MR) is 76.0 cm³/mol. The van der Waals surface area contributed by atoms with Crippen molar-refractivity contribution in [1.29, 1.82) is 0 Å². The van der Waals surface area contributed by atoms with Gasteiger partial charge in [0.2, 0.25) is 0 Å². The molecule has 1 aromatic heterocycles. The van der Waals surface area contributed by atoms with Crippen LogP contribution in [0, 0.1) is 0 Å². The van der Waals surface area contributed by atoms with Gasteiger partial charge >= 0.3 is 0 Å². The van der Waals surface area contributed by atoms with Gasteiger partial charge in [-0.3, -0.25) is 9.48 Å². The first-order valence-corrected chi connectivity index (χ1v) is 7.23. The van der Waals surface area contributed by atoms with Crippen LogP contribution in [0.3, 0.4) is 0 Å². The van der Waals surface area contributed by atoms with Crippen LogP contribution in [0.1, 0.15) is 12.6 Å². The zero-order valence-corrected chi connectivity index (χ0v) is 12.5. The van der Waals surface area contributed by atoms with E-state index in [9.17, 15) is 4.79 Å². The molecule has 0 fully saturated rings. The van der Waals surface area contributed by atoms with Gasteiger partial charge < -0.3 is 0 Å². The average molecular weight is 360 g/mol. The van der Waals surface area contributed by atoms with E-state index in [1.54, 1.807) is 4.68 Å². The van der Waals surface area contributed by atoms with Crippen molar-refractivity contribution in [2.75, 3.05) is 0 Å². The molecule has 0 atom stereocenters. The molecule has 1 aromatic carbocycles. The van der Waals surface area contributed by atoms with Crippen molar-refractivity contribution in [3.05, 3.63) is 50.9 Å². The highest BCUT2D eigenvalue weighted by atomic mass is 79.9. The molecule has 0 aliphatic heterocycles. The Kier molecular flexibility index (Phi) is 3.89. The summed E-state index contributed by atoms with van der Waals surface area (Å²) in [6, 6.07) is 9.65.